The first-order chi connectivity index (χ1) is 14.3. The molecule has 2 N–H and O–H groups in total. The number of carboxylic acids is 2. The summed E-state index contributed by atoms with van der Waals surface area (Å²) in [4.78, 5) is 21.3. The molecule has 30 heavy (non-hydrogen) atoms. The first-order valence-electron chi connectivity index (χ1n) is 9.61. The van der Waals surface area contributed by atoms with Gasteiger partial charge in [-0.25, -0.2) is 14.0 Å². The molecule has 1 atom stereocenters. The quantitative estimate of drug-likeness (QED) is 0.700. The molecule has 0 aliphatic heterocycles. The van der Waals surface area contributed by atoms with E-state index in [1.165, 1.54) is 11.1 Å². The van der Waals surface area contributed by atoms with E-state index in [0.717, 1.165) is 25.0 Å². The Morgan fingerprint density at radius 3 is 2.13 bits per heavy atom. The number of carboxylic acid groups (broad SMARTS) is 2. The summed E-state index contributed by atoms with van der Waals surface area (Å²) in [6, 6.07) is 15.5. The Bertz CT molecular complexity index is 934. The molecule has 0 radical (unpaired) electrons. The van der Waals surface area contributed by atoms with Crippen molar-refractivity contribution < 1.29 is 24.2 Å². The summed E-state index contributed by atoms with van der Waals surface area (Å²) in [6.45, 7) is 1.05. The average Bonchev–Trinajstić information content (AvgIpc) is 2.71. The molecule has 0 aromatic heterocycles. The standard InChI is InChI=1S/C20H22FN.C4H4O4/c1-22(2)12-11-15-13-16-7-3-4-8-17(16)19(14-15)18-9-5-6-10-20(18)21;5-3(6)1-2-4(7)8/h3-10,14-15H,11-13H2,1-2H3;1-2H,(H,5,6)(H,7,8)/b;2-1+. The summed E-state index contributed by atoms with van der Waals surface area (Å²) >= 11 is 0. The van der Waals surface area contributed by atoms with Crippen molar-refractivity contribution in [3.63, 3.8) is 0 Å². The van der Waals surface area contributed by atoms with Gasteiger partial charge in [0.25, 0.3) is 0 Å². The van der Waals surface area contributed by atoms with Crippen molar-refractivity contribution in [2.75, 3.05) is 20.6 Å². The molecule has 5 nitrogen and oxygen atoms in total. The third-order valence-electron chi connectivity index (χ3n) is 4.67. The molecule has 1 aliphatic rings. The van der Waals surface area contributed by atoms with Gasteiger partial charge in [0.2, 0.25) is 0 Å². The van der Waals surface area contributed by atoms with Crippen LogP contribution >= 0.6 is 0 Å². The topological polar surface area (TPSA) is 77.8 Å². The Labute approximate surface area is 175 Å². The molecule has 0 saturated heterocycles. The van der Waals surface area contributed by atoms with E-state index in [4.69, 9.17) is 10.2 Å². The molecule has 0 heterocycles. The summed E-state index contributed by atoms with van der Waals surface area (Å²) in [5.74, 6) is -2.19. The molecule has 0 bridgehead atoms. The summed E-state index contributed by atoms with van der Waals surface area (Å²) in [6.07, 6.45) is 5.52. The normalized spacial score (nSPS) is 15.2. The average molecular weight is 411 g/mol. The van der Waals surface area contributed by atoms with Crippen LogP contribution in [0.3, 0.4) is 0 Å². The number of nitrogens with zero attached hydrogens (tertiary/aromatic N) is 1. The summed E-state index contributed by atoms with van der Waals surface area (Å²) in [7, 11) is 4.19. The minimum Gasteiger partial charge on any atom is -0.478 e. The van der Waals surface area contributed by atoms with Crippen LogP contribution in [0.15, 0.2) is 66.8 Å². The predicted octanol–water partition coefficient (Wildman–Crippen LogP) is 4.09. The van der Waals surface area contributed by atoms with Crippen LogP contribution in [0.2, 0.25) is 0 Å². The number of hydrogen-bond acceptors (Lipinski definition) is 3. The van der Waals surface area contributed by atoms with Gasteiger partial charge in [-0.05, 0) is 62.2 Å². The molecule has 1 unspecified atom stereocenters. The number of hydrogen-bond donors (Lipinski definition) is 2. The second-order valence-corrected chi connectivity index (χ2v) is 7.28. The summed E-state index contributed by atoms with van der Waals surface area (Å²) in [5, 5.41) is 15.6. The van der Waals surface area contributed by atoms with Gasteiger partial charge >= 0.3 is 11.9 Å². The maximum absolute atomic E-state index is 14.3. The fourth-order valence-electron chi connectivity index (χ4n) is 3.29. The highest BCUT2D eigenvalue weighted by molar-refractivity contribution is 5.89. The van der Waals surface area contributed by atoms with Gasteiger partial charge in [-0.2, -0.15) is 0 Å². The highest BCUT2D eigenvalue weighted by Crippen LogP contribution is 2.35. The van der Waals surface area contributed by atoms with Crippen molar-refractivity contribution in [1.29, 1.82) is 0 Å². The number of benzene rings is 2. The van der Waals surface area contributed by atoms with Crippen LogP contribution < -0.4 is 0 Å². The van der Waals surface area contributed by atoms with E-state index in [2.05, 4.69) is 43.3 Å². The third-order valence-corrected chi connectivity index (χ3v) is 4.67. The molecule has 0 fully saturated rings. The molecular weight excluding hydrogens is 385 g/mol. The SMILES string of the molecule is CN(C)CCC1C=C(c2ccccc2F)c2ccccc2C1.O=C(O)/C=C/C(=O)O. The Morgan fingerprint density at radius 2 is 1.57 bits per heavy atom. The van der Waals surface area contributed by atoms with Crippen LogP contribution in [0.4, 0.5) is 4.39 Å². The second-order valence-electron chi connectivity index (χ2n) is 7.28. The zero-order valence-electron chi connectivity index (χ0n) is 17.1. The van der Waals surface area contributed by atoms with E-state index in [1.807, 2.05) is 18.2 Å². The Kier molecular flexibility index (Phi) is 8.50. The highest BCUT2D eigenvalue weighted by Gasteiger charge is 2.21. The van der Waals surface area contributed by atoms with E-state index in [9.17, 15) is 14.0 Å². The molecule has 0 saturated carbocycles. The van der Waals surface area contributed by atoms with Crippen LogP contribution in [0.1, 0.15) is 23.1 Å². The van der Waals surface area contributed by atoms with Gasteiger partial charge in [0.05, 0.1) is 0 Å². The van der Waals surface area contributed by atoms with E-state index in [1.54, 1.807) is 12.1 Å². The molecule has 158 valence electrons. The van der Waals surface area contributed by atoms with Crippen LogP contribution in [-0.2, 0) is 16.0 Å². The lowest BCUT2D eigenvalue weighted by molar-refractivity contribution is -0.134. The van der Waals surface area contributed by atoms with Crippen molar-refractivity contribution in [2.24, 2.45) is 5.92 Å². The third kappa shape index (κ3) is 6.97. The zero-order chi connectivity index (χ0) is 22.1. The number of fused-ring (bicyclic) bond motifs is 1. The summed E-state index contributed by atoms with van der Waals surface area (Å²) in [5.41, 5.74) is 4.26. The zero-order valence-corrected chi connectivity index (χ0v) is 17.1. The van der Waals surface area contributed by atoms with E-state index >= 15 is 0 Å². The van der Waals surface area contributed by atoms with Crippen molar-refractivity contribution in [3.05, 3.63) is 89.3 Å². The predicted molar refractivity (Wildman–Crippen MR) is 115 cm³/mol. The number of rotatable bonds is 6. The van der Waals surface area contributed by atoms with Crippen molar-refractivity contribution in [2.45, 2.75) is 12.8 Å². The number of allylic oxidation sites excluding steroid dienone is 1. The molecule has 2 aromatic rings. The molecule has 0 spiro atoms. The Hall–Kier alpha value is -3.25. The van der Waals surface area contributed by atoms with Crippen molar-refractivity contribution >= 4 is 17.5 Å². The maximum atomic E-state index is 14.3. The molecule has 6 heteroatoms. The van der Waals surface area contributed by atoms with Crippen LogP contribution in [-0.4, -0.2) is 47.7 Å². The van der Waals surface area contributed by atoms with Gasteiger partial charge in [-0.15, -0.1) is 0 Å². The van der Waals surface area contributed by atoms with E-state index < -0.39 is 11.9 Å². The van der Waals surface area contributed by atoms with Gasteiger partial charge in [-0.3, -0.25) is 0 Å². The first-order valence-corrected chi connectivity index (χ1v) is 9.61. The lowest BCUT2D eigenvalue weighted by Gasteiger charge is -2.25. The van der Waals surface area contributed by atoms with E-state index in [0.29, 0.717) is 23.6 Å². The Morgan fingerprint density at radius 1 is 1.00 bits per heavy atom. The smallest absolute Gasteiger partial charge is 0.328 e. The van der Waals surface area contributed by atoms with Crippen LogP contribution in [0, 0.1) is 11.7 Å². The molecule has 3 rings (SSSR count). The monoisotopic (exact) mass is 411 g/mol. The van der Waals surface area contributed by atoms with Crippen molar-refractivity contribution in [3.8, 4) is 0 Å². The molecule has 2 aromatic carbocycles. The van der Waals surface area contributed by atoms with Gasteiger partial charge in [0.15, 0.2) is 0 Å². The van der Waals surface area contributed by atoms with Gasteiger partial charge in [-0.1, -0.05) is 48.5 Å². The van der Waals surface area contributed by atoms with E-state index in [-0.39, 0.29) is 5.82 Å². The fourth-order valence-corrected chi connectivity index (χ4v) is 3.29. The van der Waals surface area contributed by atoms with Crippen LogP contribution in [0.25, 0.3) is 5.57 Å². The lowest BCUT2D eigenvalue weighted by atomic mass is 9.80. The van der Waals surface area contributed by atoms with Gasteiger partial charge in [0, 0.05) is 17.7 Å². The number of halogens is 1. The minimum absolute atomic E-state index is 0.142. The molecule has 1 aliphatic carbocycles. The molecule has 0 amide bonds. The Balaban J connectivity index is 0.000000343. The van der Waals surface area contributed by atoms with Crippen LogP contribution in [0.5, 0.6) is 0 Å². The largest absolute Gasteiger partial charge is 0.478 e. The number of aliphatic carboxylic acids is 2. The molecular formula is C24H26FNO4. The number of carbonyl (C=O) groups is 2. The fraction of sp³-hybridized carbons (Fsp3) is 0.250. The minimum atomic E-state index is -1.26. The first kappa shape index (κ1) is 23.0. The maximum Gasteiger partial charge on any atom is 0.328 e. The van der Waals surface area contributed by atoms with Gasteiger partial charge < -0.3 is 15.1 Å². The lowest BCUT2D eigenvalue weighted by Crippen LogP contribution is -2.19. The second kappa shape index (κ2) is 11.1. The summed E-state index contributed by atoms with van der Waals surface area (Å²) < 4.78 is 14.3. The van der Waals surface area contributed by atoms with Gasteiger partial charge in [0.1, 0.15) is 5.82 Å². The highest BCUT2D eigenvalue weighted by atomic mass is 19.1. The van der Waals surface area contributed by atoms with Crippen molar-refractivity contribution in [1.82, 2.24) is 4.90 Å².